The Hall–Kier alpha value is -1.77. The van der Waals surface area contributed by atoms with Gasteiger partial charge in [0, 0.05) is 12.8 Å². The highest BCUT2D eigenvalue weighted by Gasteiger charge is 2.21. The van der Waals surface area contributed by atoms with Crippen molar-refractivity contribution in [1.82, 2.24) is 0 Å². The first-order chi connectivity index (χ1) is 29.0. The van der Waals surface area contributed by atoms with Crippen LogP contribution in [0.5, 0.6) is 0 Å². The monoisotopic (exact) mass is 868 g/mol. The highest BCUT2D eigenvalue weighted by molar-refractivity contribution is 7.45. The number of unbranched alkanes of at least 4 members (excludes halogenated alkanes) is 25. The molecular weight excluding hydrogens is 774 g/mol. The number of likely N-dealkylation sites (N-methyl/N-ethyl adjacent to an activating group) is 1. The molecule has 0 saturated carbocycles. The van der Waals surface area contributed by atoms with Crippen LogP contribution in [0.1, 0.15) is 219 Å². The summed E-state index contributed by atoms with van der Waals surface area (Å²) in [5, 5.41) is 0. The molecule has 0 aromatic carbocycles. The molecule has 60 heavy (non-hydrogen) atoms. The van der Waals surface area contributed by atoms with E-state index in [1.165, 1.54) is 135 Å². The molecule has 2 atom stereocenters. The number of rotatable bonds is 45. The minimum absolute atomic E-state index is 0.0297. The summed E-state index contributed by atoms with van der Waals surface area (Å²) in [7, 11) is 1.17. The fraction of sp³-hybridized carbons (Fsp3) is 0.840. The van der Waals surface area contributed by atoms with Gasteiger partial charge in [-0.3, -0.25) is 14.2 Å². The lowest BCUT2D eigenvalue weighted by Gasteiger charge is -2.28. The maximum Gasteiger partial charge on any atom is 0.306 e. The SMILES string of the molecule is CCCCCCC/C=C\C/C=C\C/C=C\CCCCCCCCCCCCCCCCC(=O)OC(COC(=O)CCCCCCCCC)COP(=O)([O-])OCC[N+](C)(C)C. The van der Waals surface area contributed by atoms with E-state index in [9.17, 15) is 19.0 Å². The molecule has 0 N–H and O–H groups in total. The molecular formula is C50H94NO8P. The Bertz CT molecular complexity index is 1120. The van der Waals surface area contributed by atoms with Crippen molar-refractivity contribution in [2.45, 2.75) is 225 Å². The van der Waals surface area contributed by atoms with Crippen LogP contribution in [0, 0.1) is 0 Å². The summed E-state index contributed by atoms with van der Waals surface area (Å²) >= 11 is 0. The minimum atomic E-state index is -4.62. The minimum Gasteiger partial charge on any atom is -0.756 e. The predicted molar refractivity (Wildman–Crippen MR) is 250 cm³/mol. The van der Waals surface area contributed by atoms with E-state index in [1.54, 1.807) is 0 Å². The molecule has 9 nitrogen and oxygen atoms in total. The Morgan fingerprint density at radius 2 is 0.900 bits per heavy atom. The summed E-state index contributed by atoms with van der Waals surface area (Å²) < 4.78 is 33.8. The summed E-state index contributed by atoms with van der Waals surface area (Å²) in [6.07, 6.45) is 49.3. The van der Waals surface area contributed by atoms with Crippen molar-refractivity contribution < 1.29 is 42.1 Å². The van der Waals surface area contributed by atoms with E-state index in [0.717, 1.165) is 51.4 Å². The zero-order valence-electron chi connectivity index (χ0n) is 39.7. The first-order valence-electron chi connectivity index (χ1n) is 24.7. The van der Waals surface area contributed by atoms with E-state index < -0.39 is 26.5 Å². The van der Waals surface area contributed by atoms with Crippen molar-refractivity contribution in [2.75, 3.05) is 47.5 Å². The first kappa shape index (κ1) is 58.2. The molecule has 0 rings (SSSR count). The van der Waals surface area contributed by atoms with Crippen molar-refractivity contribution >= 4 is 19.8 Å². The van der Waals surface area contributed by atoms with Gasteiger partial charge in [-0.15, -0.1) is 0 Å². The molecule has 352 valence electrons. The van der Waals surface area contributed by atoms with Gasteiger partial charge < -0.3 is 27.9 Å². The number of allylic oxidation sites excluding steroid dienone is 6. The average molecular weight is 868 g/mol. The van der Waals surface area contributed by atoms with Gasteiger partial charge in [0.25, 0.3) is 7.82 Å². The fourth-order valence-electron chi connectivity index (χ4n) is 6.78. The van der Waals surface area contributed by atoms with Gasteiger partial charge in [0.15, 0.2) is 6.10 Å². The second-order valence-corrected chi connectivity index (χ2v) is 19.2. The Morgan fingerprint density at radius 1 is 0.517 bits per heavy atom. The normalized spacial score (nSPS) is 13.8. The maximum atomic E-state index is 12.7. The molecule has 0 aliphatic carbocycles. The van der Waals surface area contributed by atoms with Gasteiger partial charge in [0.05, 0.1) is 27.7 Å². The molecule has 0 aliphatic heterocycles. The number of quaternary nitrogens is 1. The first-order valence-corrected chi connectivity index (χ1v) is 26.2. The van der Waals surface area contributed by atoms with Crippen molar-refractivity contribution in [3.8, 4) is 0 Å². The van der Waals surface area contributed by atoms with Gasteiger partial charge in [-0.25, -0.2) is 0 Å². The zero-order valence-corrected chi connectivity index (χ0v) is 40.6. The van der Waals surface area contributed by atoms with E-state index in [4.69, 9.17) is 18.5 Å². The van der Waals surface area contributed by atoms with Crippen LogP contribution in [-0.2, 0) is 32.7 Å². The second-order valence-electron chi connectivity index (χ2n) is 17.8. The van der Waals surface area contributed by atoms with Crippen LogP contribution < -0.4 is 4.89 Å². The van der Waals surface area contributed by atoms with Crippen molar-refractivity contribution in [1.29, 1.82) is 0 Å². The smallest absolute Gasteiger partial charge is 0.306 e. The van der Waals surface area contributed by atoms with E-state index >= 15 is 0 Å². The average Bonchev–Trinajstić information content (AvgIpc) is 3.20. The number of phosphoric acid groups is 1. The Labute approximate surface area is 370 Å². The predicted octanol–water partition coefficient (Wildman–Crippen LogP) is 13.8. The van der Waals surface area contributed by atoms with E-state index in [0.29, 0.717) is 17.4 Å². The van der Waals surface area contributed by atoms with Crippen LogP contribution in [-0.4, -0.2) is 70.0 Å². The maximum absolute atomic E-state index is 12.7. The van der Waals surface area contributed by atoms with Crippen LogP contribution >= 0.6 is 7.82 Å². The fourth-order valence-corrected chi connectivity index (χ4v) is 7.51. The van der Waals surface area contributed by atoms with Crippen LogP contribution in [0.2, 0.25) is 0 Å². The molecule has 0 aromatic rings. The molecule has 0 aliphatic rings. The number of esters is 2. The number of phosphoric ester groups is 1. The highest BCUT2D eigenvalue weighted by atomic mass is 31.2. The van der Waals surface area contributed by atoms with Crippen molar-refractivity contribution in [2.24, 2.45) is 0 Å². The quantitative estimate of drug-likeness (QED) is 0.0196. The lowest BCUT2D eigenvalue weighted by Crippen LogP contribution is -2.37. The van der Waals surface area contributed by atoms with Crippen LogP contribution in [0.25, 0.3) is 0 Å². The lowest BCUT2D eigenvalue weighted by atomic mass is 10.0. The van der Waals surface area contributed by atoms with Gasteiger partial charge in [-0.05, 0) is 51.4 Å². The summed E-state index contributed by atoms with van der Waals surface area (Å²) in [6, 6.07) is 0. The summed E-state index contributed by atoms with van der Waals surface area (Å²) in [5.41, 5.74) is 0. The molecule has 0 radical (unpaired) electrons. The van der Waals surface area contributed by atoms with Crippen LogP contribution in [0.4, 0.5) is 0 Å². The Balaban J connectivity index is 4.01. The second kappa shape index (κ2) is 42.5. The summed E-state index contributed by atoms with van der Waals surface area (Å²) in [6.45, 7) is 4.18. The molecule has 0 amide bonds. The van der Waals surface area contributed by atoms with Gasteiger partial charge in [0.1, 0.15) is 19.8 Å². The third-order valence-electron chi connectivity index (χ3n) is 10.7. The van der Waals surface area contributed by atoms with Crippen LogP contribution in [0.3, 0.4) is 0 Å². The van der Waals surface area contributed by atoms with E-state index in [-0.39, 0.29) is 32.0 Å². The molecule has 0 saturated heterocycles. The summed E-state index contributed by atoms with van der Waals surface area (Å²) in [5.74, 6) is -0.837. The third kappa shape index (κ3) is 45.7. The molecule has 0 aromatic heterocycles. The van der Waals surface area contributed by atoms with Gasteiger partial charge in [-0.1, -0.05) is 192 Å². The number of carbonyl (C=O) groups is 2. The Morgan fingerprint density at radius 3 is 1.33 bits per heavy atom. The molecule has 0 spiro atoms. The molecule has 10 heteroatoms. The summed E-state index contributed by atoms with van der Waals surface area (Å²) in [4.78, 5) is 37.4. The zero-order chi connectivity index (χ0) is 44.3. The number of carbonyl (C=O) groups excluding carboxylic acids is 2. The van der Waals surface area contributed by atoms with Gasteiger partial charge in [-0.2, -0.15) is 0 Å². The van der Waals surface area contributed by atoms with Crippen molar-refractivity contribution in [3.05, 3.63) is 36.5 Å². The molecule has 0 bridgehead atoms. The highest BCUT2D eigenvalue weighted by Crippen LogP contribution is 2.38. The molecule has 0 heterocycles. The van der Waals surface area contributed by atoms with Gasteiger partial charge >= 0.3 is 11.9 Å². The molecule has 2 unspecified atom stereocenters. The lowest BCUT2D eigenvalue weighted by molar-refractivity contribution is -0.870. The topological polar surface area (TPSA) is 111 Å². The number of ether oxygens (including phenoxy) is 2. The largest absolute Gasteiger partial charge is 0.756 e. The van der Waals surface area contributed by atoms with E-state index in [2.05, 4.69) is 50.3 Å². The standard InChI is InChI=1S/C50H94NO8P/c1-6-8-10-12-14-15-16-17-18-19-20-21-22-23-24-25-26-27-28-29-30-31-32-33-34-35-37-39-41-43-50(53)59-48(47-58-60(54,55)57-45-44-51(3,4)5)46-56-49(52)42-40-38-36-13-11-9-7-2/h16-17,19-20,22-23,48H,6-15,18,21,24-47H2,1-5H3/b17-16-,20-19-,23-22-. The van der Waals surface area contributed by atoms with Crippen LogP contribution in [0.15, 0.2) is 36.5 Å². The third-order valence-corrected chi connectivity index (χ3v) is 11.6. The molecule has 0 fully saturated rings. The number of hydrogen-bond donors (Lipinski definition) is 0. The number of hydrogen-bond acceptors (Lipinski definition) is 8. The van der Waals surface area contributed by atoms with Crippen molar-refractivity contribution in [3.63, 3.8) is 0 Å². The number of nitrogens with zero attached hydrogens (tertiary/aromatic N) is 1. The Kier molecular flexibility index (Phi) is 41.3. The van der Waals surface area contributed by atoms with Gasteiger partial charge in [0.2, 0.25) is 0 Å². The van der Waals surface area contributed by atoms with E-state index in [1.807, 2.05) is 21.1 Å².